The average Bonchev–Trinajstić information content (AvgIpc) is 2.88. The van der Waals surface area contributed by atoms with Crippen molar-refractivity contribution >= 4 is 11.9 Å². The maximum atomic E-state index is 12.1. The second kappa shape index (κ2) is 6.60. The van der Waals surface area contributed by atoms with Gasteiger partial charge in [0.25, 0.3) is 0 Å². The van der Waals surface area contributed by atoms with Crippen molar-refractivity contribution in [1.29, 1.82) is 0 Å². The Labute approximate surface area is 134 Å². The quantitative estimate of drug-likeness (QED) is 0.841. The van der Waals surface area contributed by atoms with Crippen LogP contribution in [0.1, 0.15) is 31.7 Å². The predicted octanol–water partition coefficient (Wildman–Crippen LogP) is 1.49. The molecule has 23 heavy (non-hydrogen) atoms. The molecule has 2 N–H and O–H groups in total. The molecule has 0 bridgehead atoms. The van der Waals surface area contributed by atoms with E-state index in [-0.39, 0.29) is 12.3 Å². The van der Waals surface area contributed by atoms with Crippen LogP contribution in [0.3, 0.4) is 0 Å². The summed E-state index contributed by atoms with van der Waals surface area (Å²) in [5, 5.41) is 19.9. The Morgan fingerprint density at radius 1 is 1.30 bits per heavy atom. The monoisotopic (exact) mass is 316 g/mol. The van der Waals surface area contributed by atoms with Gasteiger partial charge in [-0.3, -0.25) is 4.79 Å². The number of nitrogens with zero attached hydrogens (tertiary/aromatic N) is 3. The molecule has 122 valence electrons. The molecule has 0 saturated carbocycles. The van der Waals surface area contributed by atoms with Crippen LogP contribution in [0.2, 0.25) is 0 Å². The molecule has 7 heteroatoms. The van der Waals surface area contributed by atoms with E-state index in [0.29, 0.717) is 12.1 Å². The number of carbonyl (C=O) groups is 2. The zero-order valence-corrected chi connectivity index (χ0v) is 13.4. The van der Waals surface area contributed by atoms with Crippen molar-refractivity contribution in [3.8, 4) is 5.69 Å². The van der Waals surface area contributed by atoms with Gasteiger partial charge in [-0.05, 0) is 32.4 Å². The number of aromatic nitrogens is 3. The molecule has 2 rings (SSSR count). The van der Waals surface area contributed by atoms with Crippen molar-refractivity contribution in [2.45, 2.75) is 39.2 Å². The molecule has 7 nitrogen and oxygen atoms in total. The molecule has 2 aromatic rings. The molecule has 0 fully saturated rings. The van der Waals surface area contributed by atoms with Crippen molar-refractivity contribution in [3.05, 3.63) is 41.7 Å². The second-order valence-electron chi connectivity index (χ2n) is 5.58. The summed E-state index contributed by atoms with van der Waals surface area (Å²) in [6.45, 7) is 5.03. The summed E-state index contributed by atoms with van der Waals surface area (Å²) in [4.78, 5) is 23.4. The fraction of sp³-hybridized carbons (Fsp3) is 0.375. The van der Waals surface area contributed by atoms with Gasteiger partial charge in [0, 0.05) is 0 Å². The van der Waals surface area contributed by atoms with Crippen LogP contribution in [-0.2, 0) is 16.0 Å². The van der Waals surface area contributed by atoms with E-state index in [9.17, 15) is 14.7 Å². The first-order valence-electron chi connectivity index (χ1n) is 7.38. The second-order valence-corrected chi connectivity index (χ2v) is 5.58. The van der Waals surface area contributed by atoms with Crippen molar-refractivity contribution in [3.63, 3.8) is 0 Å². The predicted molar refractivity (Wildman–Crippen MR) is 84.3 cm³/mol. The molecule has 0 aliphatic carbocycles. The molecule has 1 amide bonds. The third-order valence-corrected chi connectivity index (χ3v) is 3.91. The van der Waals surface area contributed by atoms with Crippen molar-refractivity contribution in [2.75, 3.05) is 0 Å². The topological polar surface area (TPSA) is 97.1 Å². The van der Waals surface area contributed by atoms with Crippen LogP contribution in [0.15, 0.2) is 30.3 Å². The largest absolute Gasteiger partial charge is 0.480 e. The number of rotatable bonds is 6. The summed E-state index contributed by atoms with van der Waals surface area (Å²) in [5.74, 6) is -1.45. The molecule has 1 aromatic heterocycles. The van der Waals surface area contributed by atoms with Gasteiger partial charge in [-0.25, -0.2) is 9.48 Å². The Morgan fingerprint density at radius 2 is 1.96 bits per heavy atom. The number of para-hydroxylation sites is 1. The summed E-state index contributed by atoms with van der Waals surface area (Å²) >= 11 is 0. The highest BCUT2D eigenvalue weighted by Gasteiger charge is 2.33. The third kappa shape index (κ3) is 3.56. The summed E-state index contributed by atoms with van der Waals surface area (Å²) in [6, 6.07) is 9.47. The molecule has 0 radical (unpaired) electrons. The number of carboxylic acids is 1. The van der Waals surface area contributed by atoms with Gasteiger partial charge in [-0.2, -0.15) is 0 Å². The third-order valence-electron chi connectivity index (χ3n) is 3.91. The van der Waals surface area contributed by atoms with Crippen LogP contribution in [0, 0.1) is 6.92 Å². The molecule has 0 aliphatic rings. The molecule has 1 atom stereocenters. The number of aliphatic carboxylic acids is 1. The SMILES string of the molecule is CCC(C)(NC(=O)Cc1nnn(-c2ccccc2)c1C)C(=O)O. The highest BCUT2D eigenvalue weighted by atomic mass is 16.4. The first-order chi connectivity index (χ1) is 10.9. The van der Waals surface area contributed by atoms with Crippen molar-refractivity contribution in [1.82, 2.24) is 20.3 Å². The first-order valence-corrected chi connectivity index (χ1v) is 7.38. The van der Waals surface area contributed by atoms with Gasteiger partial charge in [0.15, 0.2) is 0 Å². The van der Waals surface area contributed by atoms with E-state index in [4.69, 9.17) is 0 Å². The van der Waals surface area contributed by atoms with Gasteiger partial charge in [-0.1, -0.05) is 30.3 Å². The normalized spacial score (nSPS) is 13.3. The maximum absolute atomic E-state index is 12.1. The lowest BCUT2D eigenvalue weighted by Gasteiger charge is -2.24. The smallest absolute Gasteiger partial charge is 0.329 e. The fourth-order valence-electron chi connectivity index (χ4n) is 2.14. The zero-order valence-electron chi connectivity index (χ0n) is 13.4. The fourth-order valence-corrected chi connectivity index (χ4v) is 2.14. The van der Waals surface area contributed by atoms with Crippen LogP contribution >= 0.6 is 0 Å². The van der Waals surface area contributed by atoms with Crippen molar-refractivity contribution in [2.24, 2.45) is 0 Å². The summed E-state index contributed by atoms with van der Waals surface area (Å²) in [7, 11) is 0. The van der Waals surface area contributed by atoms with Crippen LogP contribution in [0.25, 0.3) is 5.69 Å². The number of hydrogen-bond donors (Lipinski definition) is 2. The highest BCUT2D eigenvalue weighted by Crippen LogP contribution is 2.13. The Hall–Kier alpha value is -2.70. The summed E-state index contributed by atoms with van der Waals surface area (Å²) in [5.41, 5.74) is 0.851. The molecule has 1 aromatic carbocycles. The van der Waals surface area contributed by atoms with Crippen LogP contribution < -0.4 is 5.32 Å². The van der Waals surface area contributed by atoms with E-state index < -0.39 is 11.5 Å². The molecule has 1 unspecified atom stereocenters. The Bertz CT molecular complexity index is 711. The van der Waals surface area contributed by atoms with Crippen molar-refractivity contribution < 1.29 is 14.7 Å². The van der Waals surface area contributed by atoms with E-state index in [1.54, 1.807) is 11.6 Å². The molecule has 1 heterocycles. The van der Waals surface area contributed by atoms with Gasteiger partial charge in [0.1, 0.15) is 5.54 Å². The number of amides is 1. The zero-order chi connectivity index (χ0) is 17.0. The number of nitrogens with one attached hydrogen (secondary N) is 1. The highest BCUT2D eigenvalue weighted by molar-refractivity contribution is 5.87. The minimum atomic E-state index is -1.28. The minimum Gasteiger partial charge on any atom is -0.480 e. The molecule has 0 aliphatic heterocycles. The molecule has 0 spiro atoms. The van der Waals surface area contributed by atoms with Crippen LogP contribution in [-0.4, -0.2) is 37.5 Å². The molecular formula is C16H20N4O3. The van der Waals surface area contributed by atoms with Gasteiger partial charge in [0.05, 0.1) is 23.5 Å². The van der Waals surface area contributed by atoms with Gasteiger partial charge >= 0.3 is 5.97 Å². The van der Waals surface area contributed by atoms with Gasteiger partial charge in [-0.15, -0.1) is 5.10 Å². The number of carbonyl (C=O) groups excluding carboxylic acids is 1. The lowest BCUT2D eigenvalue weighted by Crippen LogP contribution is -2.52. The van der Waals surface area contributed by atoms with Gasteiger partial charge in [0.2, 0.25) is 5.91 Å². The Balaban J connectivity index is 2.14. The van der Waals surface area contributed by atoms with E-state index in [1.807, 2.05) is 37.3 Å². The van der Waals surface area contributed by atoms with E-state index >= 15 is 0 Å². The summed E-state index contributed by atoms with van der Waals surface area (Å²) < 4.78 is 1.65. The van der Waals surface area contributed by atoms with E-state index in [1.165, 1.54) is 6.92 Å². The number of carboxylic acid groups (broad SMARTS) is 1. The maximum Gasteiger partial charge on any atom is 0.329 e. The van der Waals surface area contributed by atoms with Crippen LogP contribution in [0.4, 0.5) is 0 Å². The lowest BCUT2D eigenvalue weighted by atomic mass is 9.99. The standard InChI is InChI=1S/C16H20N4O3/c1-4-16(3,15(22)23)17-14(21)10-13-11(2)20(19-18-13)12-8-6-5-7-9-12/h5-9H,4,10H2,1-3H3,(H,17,21)(H,22,23). The first kappa shape index (κ1) is 16.7. The number of benzene rings is 1. The van der Waals surface area contributed by atoms with Gasteiger partial charge < -0.3 is 10.4 Å². The van der Waals surface area contributed by atoms with E-state index in [2.05, 4.69) is 15.6 Å². The van der Waals surface area contributed by atoms with Crippen LogP contribution in [0.5, 0.6) is 0 Å². The minimum absolute atomic E-state index is 0.0124. The molecule has 0 saturated heterocycles. The average molecular weight is 316 g/mol. The van der Waals surface area contributed by atoms with E-state index in [0.717, 1.165) is 11.4 Å². The Morgan fingerprint density at radius 3 is 2.52 bits per heavy atom. The summed E-state index contributed by atoms with van der Waals surface area (Å²) in [6.07, 6.45) is 0.283. The lowest BCUT2D eigenvalue weighted by molar-refractivity contribution is -0.146. The molecular weight excluding hydrogens is 296 g/mol. The number of hydrogen-bond acceptors (Lipinski definition) is 4. The Kier molecular flexibility index (Phi) is 4.78.